The molecule has 0 saturated carbocycles. The molecule has 0 unspecified atom stereocenters. The first-order valence-electron chi connectivity index (χ1n) is 8.03. The number of nitrogens with one attached hydrogen (secondary N) is 2. The van der Waals surface area contributed by atoms with Gasteiger partial charge in [-0.3, -0.25) is 9.59 Å². The molecule has 0 fully saturated rings. The molecular formula is C19H19N3O2S. The van der Waals surface area contributed by atoms with Crippen LogP contribution in [-0.4, -0.2) is 16.8 Å². The van der Waals surface area contributed by atoms with E-state index in [1.165, 1.54) is 18.3 Å². The van der Waals surface area contributed by atoms with Crippen molar-refractivity contribution in [3.8, 4) is 0 Å². The Morgan fingerprint density at radius 1 is 1.12 bits per heavy atom. The molecule has 6 heteroatoms. The van der Waals surface area contributed by atoms with Crippen LogP contribution in [0.25, 0.3) is 10.2 Å². The Bertz CT molecular complexity index is 933. The first kappa shape index (κ1) is 17.1. The molecule has 0 radical (unpaired) electrons. The van der Waals surface area contributed by atoms with Gasteiger partial charge in [-0.05, 0) is 48.7 Å². The maximum absolute atomic E-state index is 12.1. The summed E-state index contributed by atoms with van der Waals surface area (Å²) in [7, 11) is 0. The van der Waals surface area contributed by atoms with Crippen molar-refractivity contribution in [2.45, 2.75) is 26.7 Å². The van der Waals surface area contributed by atoms with E-state index < -0.39 is 0 Å². The van der Waals surface area contributed by atoms with Crippen LogP contribution >= 0.6 is 11.3 Å². The van der Waals surface area contributed by atoms with Crippen molar-refractivity contribution in [1.29, 1.82) is 0 Å². The van der Waals surface area contributed by atoms with Gasteiger partial charge in [0.25, 0.3) is 0 Å². The average molecular weight is 353 g/mol. The van der Waals surface area contributed by atoms with E-state index in [0.29, 0.717) is 18.0 Å². The third-order valence-electron chi connectivity index (χ3n) is 3.68. The lowest BCUT2D eigenvalue weighted by molar-refractivity contribution is -0.116. The van der Waals surface area contributed by atoms with E-state index in [1.807, 2.05) is 49.4 Å². The number of carbonyl (C=O) groups is 2. The van der Waals surface area contributed by atoms with E-state index in [0.717, 1.165) is 27.0 Å². The first-order valence-corrected chi connectivity index (χ1v) is 8.85. The van der Waals surface area contributed by atoms with Gasteiger partial charge in [-0.2, -0.15) is 0 Å². The van der Waals surface area contributed by atoms with Gasteiger partial charge in [0.2, 0.25) is 11.8 Å². The van der Waals surface area contributed by atoms with Gasteiger partial charge >= 0.3 is 0 Å². The number of thiazole rings is 1. The van der Waals surface area contributed by atoms with Crippen molar-refractivity contribution in [3.63, 3.8) is 0 Å². The SMILES string of the molecule is CC(=O)Nc1nc2ccc(CCC(=O)Nc3cccc(C)c3)cc2s1. The fourth-order valence-electron chi connectivity index (χ4n) is 2.53. The number of nitrogens with zero attached hydrogens (tertiary/aromatic N) is 1. The number of anilines is 2. The number of fused-ring (bicyclic) bond motifs is 1. The van der Waals surface area contributed by atoms with Gasteiger partial charge < -0.3 is 10.6 Å². The number of rotatable bonds is 5. The molecule has 3 rings (SSSR count). The zero-order valence-corrected chi connectivity index (χ0v) is 14.9. The van der Waals surface area contributed by atoms with E-state index in [9.17, 15) is 9.59 Å². The fraction of sp³-hybridized carbons (Fsp3) is 0.211. The predicted molar refractivity (Wildman–Crippen MR) is 102 cm³/mol. The van der Waals surface area contributed by atoms with Crippen molar-refractivity contribution >= 4 is 44.2 Å². The molecule has 3 aromatic rings. The fourth-order valence-corrected chi connectivity index (χ4v) is 3.51. The molecule has 25 heavy (non-hydrogen) atoms. The summed E-state index contributed by atoms with van der Waals surface area (Å²) < 4.78 is 1.00. The molecule has 128 valence electrons. The average Bonchev–Trinajstić information content (AvgIpc) is 2.93. The van der Waals surface area contributed by atoms with Crippen molar-refractivity contribution in [2.75, 3.05) is 10.6 Å². The molecule has 1 aromatic heterocycles. The quantitative estimate of drug-likeness (QED) is 0.724. The Kier molecular flexibility index (Phi) is 5.09. The lowest BCUT2D eigenvalue weighted by Crippen LogP contribution is -2.12. The number of hydrogen-bond acceptors (Lipinski definition) is 4. The summed E-state index contributed by atoms with van der Waals surface area (Å²) >= 11 is 1.43. The summed E-state index contributed by atoms with van der Waals surface area (Å²) in [4.78, 5) is 27.6. The van der Waals surface area contributed by atoms with Crippen LogP contribution in [0.2, 0.25) is 0 Å². The Labute approximate surface area is 150 Å². The van der Waals surface area contributed by atoms with Crippen LogP contribution < -0.4 is 10.6 Å². The van der Waals surface area contributed by atoms with Crippen LogP contribution in [-0.2, 0) is 16.0 Å². The Morgan fingerprint density at radius 2 is 1.96 bits per heavy atom. The van der Waals surface area contributed by atoms with Crippen LogP contribution in [0.15, 0.2) is 42.5 Å². The summed E-state index contributed by atoms with van der Waals surface area (Å²) in [5, 5.41) is 6.21. The molecule has 0 saturated heterocycles. The third kappa shape index (κ3) is 4.64. The minimum Gasteiger partial charge on any atom is -0.326 e. The largest absolute Gasteiger partial charge is 0.326 e. The van der Waals surface area contributed by atoms with Gasteiger partial charge in [-0.1, -0.05) is 29.5 Å². The molecule has 2 amide bonds. The Morgan fingerprint density at radius 3 is 2.72 bits per heavy atom. The Balaban J connectivity index is 1.62. The number of hydrogen-bond donors (Lipinski definition) is 2. The number of aryl methyl sites for hydroxylation is 2. The summed E-state index contributed by atoms with van der Waals surface area (Å²) in [6.45, 7) is 3.46. The second-order valence-electron chi connectivity index (χ2n) is 5.92. The normalized spacial score (nSPS) is 10.6. The maximum Gasteiger partial charge on any atom is 0.224 e. The molecule has 0 aliphatic heterocycles. The van der Waals surface area contributed by atoms with Crippen LogP contribution in [0.4, 0.5) is 10.8 Å². The van der Waals surface area contributed by atoms with E-state index in [1.54, 1.807) is 0 Å². The van der Waals surface area contributed by atoms with E-state index in [2.05, 4.69) is 15.6 Å². The highest BCUT2D eigenvalue weighted by atomic mass is 32.1. The van der Waals surface area contributed by atoms with Gasteiger partial charge in [0, 0.05) is 19.0 Å². The van der Waals surface area contributed by atoms with E-state index in [4.69, 9.17) is 0 Å². The summed E-state index contributed by atoms with van der Waals surface area (Å²) in [5.74, 6) is -0.138. The number of aromatic nitrogens is 1. The minimum absolute atomic E-state index is 0.00561. The molecular weight excluding hydrogens is 334 g/mol. The Hall–Kier alpha value is -2.73. The number of amides is 2. The molecule has 0 aliphatic rings. The van der Waals surface area contributed by atoms with Crippen LogP contribution in [0.3, 0.4) is 0 Å². The lowest BCUT2D eigenvalue weighted by Gasteiger charge is -2.06. The molecule has 0 spiro atoms. The van der Waals surface area contributed by atoms with Crippen LogP contribution in [0.5, 0.6) is 0 Å². The monoisotopic (exact) mass is 353 g/mol. The van der Waals surface area contributed by atoms with Crippen molar-refractivity contribution in [2.24, 2.45) is 0 Å². The van der Waals surface area contributed by atoms with E-state index >= 15 is 0 Å². The van der Waals surface area contributed by atoms with Gasteiger partial charge in [0.05, 0.1) is 10.2 Å². The van der Waals surface area contributed by atoms with Crippen molar-refractivity contribution in [3.05, 3.63) is 53.6 Å². The highest BCUT2D eigenvalue weighted by Gasteiger charge is 2.08. The minimum atomic E-state index is -0.132. The van der Waals surface area contributed by atoms with Gasteiger partial charge in [0.15, 0.2) is 5.13 Å². The van der Waals surface area contributed by atoms with Crippen molar-refractivity contribution in [1.82, 2.24) is 4.98 Å². The third-order valence-corrected chi connectivity index (χ3v) is 4.61. The molecule has 0 aliphatic carbocycles. The molecule has 0 bridgehead atoms. The summed E-state index contributed by atoms with van der Waals surface area (Å²) in [6.07, 6.45) is 1.07. The second kappa shape index (κ2) is 7.44. The zero-order valence-electron chi connectivity index (χ0n) is 14.1. The number of carbonyl (C=O) groups excluding carboxylic acids is 2. The van der Waals surface area contributed by atoms with Gasteiger partial charge in [-0.25, -0.2) is 4.98 Å². The van der Waals surface area contributed by atoms with Crippen LogP contribution in [0, 0.1) is 6.92 Å². The van der Waals surface area contributed by atoms with Gasteiger partial charge in [-0.15, -0.1) is 0 Å². The molecule has 5 nitrogen and oxygen atoms in total. The van der Waals surface area contributed by atoms with Gasteiger partial charge in [0.1, 0.15) is 0 Å². The lowest BCUT2D eigenvalue weighted by atomic mass is 10.1. The van der Waals surface area contributed by atoms with Crippen molar-refractivity contribution < 1.29 is 9.59 Å². The topological polar surface area (TPSA) is 71.1 Å². The number of benzene rings is 2. The smallest absolute Gasteiger partial charge is 0.224 e. The predicted octanol–water partition coefficient (Wildman–Crippen LogP) is 4.13. The summed E-state index contributed by atoms with van der Waals surface area (Å²) in [5.41, 5.74) is 3.86. The standard InChI is InChI=1S/C19H19N3O2S/c1-12-4-3-5-15(10-12)21-18(24)9-7-14-6-8-16-17(11-14)25-19(22-16)20-13(2)23/h3-6,8,10-11H,7,9H2,1-2H3,(H,21,24)(H,20,22,23). The molecule has 2 aromatic carbocycles. The molecule has 2 N–H and O–H groups in total. The highest BCUT2D eigenvalue weighted by molar-refractivity contribution is 7.22. The zero-order chi connectivity index (χ0) is 17.8. The molecule has 0 atom stereocenters. The maximum atomic E-state index is 12.1. The van der Waals surface area contributed by atoms with E-state index in [-0.39, 0.29) is 11.8 Å². The summed E-state index contributed by atoms with van der Waals surface area (Å²) in [6, 6.07) is 13.7. The second-order valence-corrected chi connectivity index (χ2v) is 6.95. The highest BCUT2D eigenvalue weighted by Crippen LogP contribution is 2.27. The van der Waals surface area contributed by atoms with Crippen LogP contribution in [0.1, 0.15) is 24.5 Å². The first-order chi connectivity index (χ1) is 12.0. The molecule has 1 heterocycles.